The van der Waals surface area contributed by atoms with Crippen molar-refractivity contribution in [3.8, 4) is 16.9 Å². The lowest BCUT2D eigenvalue weighted by molar-refractivity contribution is -0.136. The Morgan fingerprint density at radius 3 is 2.70 bits per heavy atom. The van der Waals surface area contributed by atoms with E-state index < -0.39 is 11.6 Å². The number of imidazole rings is 2. The molecule has 1 atom stereocenters. The van der Waals surface area contributed by atoms with E-state index >= 15 is 8.78 Å². The summed E-state index contributed by atoms with van der Waals surface area (Å²) in [6, 6.07) is 6.33. The number of pyridine rings is 1. The molecule has 5 rings (SSSR count). The molecule has 170 valence electrons. The van der Waals surface area contributed by atoms with Gasteiger partial charge in [0.1, 0.15) is 17.3 Å². The van der Waals surface area contributed by atoms with Crippen molar-refractivity contribution >= 4 is 11.6 Å². The molecule has 0 saturated carbocycles. The van der Waals surface area contributed by atoms with Crippen LogP contribution in [-0.2, 0) is 16.0 Å². The summed E-state index contributed by atoms with van der Waals surface area (Å²) in [5.41, 5.74) is 2.59. The quantitative estimate of drug-likeness (QED) is 0.476. The summed E-state index contributed by atoms with van der Waals surface area (Å²) in [6.07, 6.45) is 6.53. The van der Waals surface area contributed by atoms with Crippen LogP contribution in [0.4, 0.5) is 8.78 Å². The first-order chi connectivity index (χ1) is 15.9. The van der Waals surface area contributed by atoms with E-state index in [1.807, 2.05) is 29.7 Å². The maximum Gasteiger partial charge on any atom is 0.219 e. The highest BCUT2D eigenvalue weighted by atomic mass is 19.1. The van der Waals surface area contributed by atoms with Gasteiger partial charge in [0.15, 0.2) is 0 Å². The van der Waals surface area contributed by atoms with Crippen molar-refractivity contribution < 1.29 is 18.3 Å². The van der Waals surface area contributed by atoms with E-state index in [0.717, 1.165) is 5.56 Å². The largest absolute Gasteiger partial charge is 0.374 e. The van der Waals surface area contributed by atoms with Crippen molar-refractivity contribution in [2.45, 2.75) is 26.4 Å². The van der Waals surface area contributed by atoms with Crippen molar-refractivity contribution in [2.75, 3.05) is 19.7 Å². The van der Waals surface area contributed by atoms with Crippen LogP contribution in [0.5, 0.6) is 0 Å². The number of morpholine rings is 1. The number of aromatic nitrogens is 4. The smallest absolute Gasteiger partial charge is 0.219 e. The fourth-order valence-corrected chi connectivity index (χ4v) is 4.28. The Morgan fingerprint density at radius 2 is 2.00 bits per heavy atom. The predicted octanol–water partition coefficient (Wildman–Crippen LogP) is 3.56. The number of nitrogens with zero attached hydrogens (tertiary/aromatic N) is 5. The van der Waals surface area contributed by atoms with Crippen LogP contribution in [0.3, 0.4) is 0 Å². The molecule has 0 unspecified atom stereocenters. The lowest BCUT2D eigenvalue weighted by atomic mass is 10.0. The average Bonchev–Trinajstić information content (AvgIpc) is 3.42. The second-order valence-corrected chi connectivity index (χ2v) is 8.26. The van der Waals surface area contributed by atoms with Crippen LogP contribution in [0, 0.1) is 18.6 Å². The molecule has 33 heavy (non-hydrogen) atoms. The molecule has 0 bridgehead atoms. The van der Waals surface area contributed by atoms with E-state index in [4.69, 9.17) is 4.74 Å². The summed E-state index contributed by atoms with van der Waals surface area (Å²) in [4.78, 5) is 22.1. The van der Waals surface area contributed by atoms with E-state index in [1.165, 1.54) is 30.0 Å². The van der Waals surface area contributed by atoms with Gasteiger partial charge in [-0.05, 0) is 36.8 Å². The molecule has 3 aromatic heterocycles. The van der Waals surface area contributed by atoms with Crippen molar-refractivity contribution in [2.24, 2.45) is 0 Å². The number of rotatable bonds is 4. The molecule has 1 amide bonds. The topological polar surface area (TPSA) is 64.7 Å². The third-order valence-electron chi connectivity index (χ3n) is 5.95. The molecule has 1 aromatic carbocycles. The predicted molar refractivity (Wildman–Crippen MR) is 118 cm³/mol. The number of amides is 1. The maximum absolute atomic E-state index is 15.3. The Bertz CT molecular complexity index is 1310. The second kappa shape index (κ2) is 8.40. The Kier molecular flexibility index (Phi) is 5.41. The number of hydrogen-bond acceptors (Lipinski definition) is 4. The third-order valence-corrected chi connectivity index (χ3v) is 5.95. The van der Waals surface area contributed by atoms with Gasteiger partial charge in [-0.25, -0.2) is 18.7 Å². The standard InChI is InChI=1S/C24H23F2N5O2/c1-15-3-5-31-21(12-18-13-29(16(2)32)7-8-33-18)24(28-22(31)9-15)23-19(25)10-17(11-20(23)26)30-6-4-27-14-30/h3-6,9-11,14,18H,7-8,12-13H2,1-2H3/t18-/m0/s1. The number of carbonyl (C=O) groups is 1. The molecule has 1 saturated heterocycles. The SMILES string of the molecule is CC(=O)N1CCO[C@@H](Cc2c(-c3c(F)cc(-n4ccnc4)cc3F)nc3cc(C)ccn23)C1. The molecule has 1 fully saturated rings. The lowest BCUT2D eigenvalue weighted by Crippen LogP contribution is -2.45. The van der Waals surface area contributed by atoms with Gasteiger partial charge in [-0.15, -0.1) is 0 Å². The van der Waals surface area contributed by atoms with Crippen molar-refractivity contribution in [3.63, 3.8) is 0 Å². The van der Waals surface area contributed by atoms with E-state index in [2.05, 4.69) is 9.97 Å². The van der Waals surface area contributed by atoms with Gasteiger partial charge < -0.3 is 18.6 Å². The number of aryl methyl sites for hydroxylation is 1. The minimum atomic E-state index is -0.713. The monoisotopic (exact) mass is 451 g/mol. The average molecular weight is 451 g/mol. The van der Waals surface area contributed by atoms with Crippen LogP contribution in [0.2, 0.25) is 0 Å². The number of carbonyl (C=O) groups excluding carboxylic acids is 1. The molecule has 0 spiro atoms. The van der Waals surface area contributed by atoms with Gasteiger partial charge in [-0.2, -0.15) is 0 Å². The molecule has 1 aliphatic heterocycles. The van der Waals surface area contributed by atoms with Crippen LogP contribution in [0.25, 0.3) is 22.6 Å². The zero-order chi connectivity index (χ0) is 23.1. The van der Waals surface area contributed by atoms with E-state index in [1.54, 1.807) is 17.3 Å². The van der Waals surface area contributed by atoms with E-state index in [0.29, 0.717) is 43.1 Å². The molecule has 7 nitrogen and oxygen atoms in total. The highest BCUT2D eigenvalue weighted by Crippen LogP contribution is 2.32. The van der Waals surface area contributed by atoms with Gasteiger partial charge in [0.2, 0.25) is 5.91 Å². The minimum Gasteiger partial charge on any atom is -0.374 e. The van der Waals surface area contributed by atoms with E-state index in [-0.39, 0.29) is 23.3 Å². The molecular weight excluding hydrogens is 428 g/mol. The molecule has 0 N–H and O–H groups in total. The zero-order valence-corrected chi connectivity index (χ0v) is 18.3. The number of fused-ring (bicyclic) bond motifs is 1. The Morgan fingerprint density at radius 1 is 1.21 bits per heavy atom. The lowest BCUT2D eigenvalue weighted by Gasteiger charge is -2.32. The van der Waals surface area contributed by atoms with Gasteiger partial charge >= 0.3 is 0 Å². The summed E-state index contributed by atoms with van der Waals surface area (Å²) in [7, 11) is 0. The van der Waals surface area contributed by atoms with Gasteiger partial charge in [-0.1, -0.05) is 0 Å². The zero-order valence-electron chi connectivity index (χ0n) is 18.3. The van der Waals surface area contributed by atoms with E-state index in [9.17, 15) is 4.79 Å². The first-order valence-corrected chi connectivity index (χ1v) is 10.7. The fourth-order valence-electron chi connectivity index (χ4n) is 4.28. The van der Waals surface area contributed by atoms with Crippen LogP contribution in [0.1, 0.15) is 18.2 Å². The van der Waals surface area contributed by atoms with Gasteiger partial charge in [0.05, 0.1) is 41.7 Å². The third kappa shape index (κ3) is 4.00. The minimum absolute atomic E-state index is 0.0236. The molecule has 9 heteroatoms. The number of ether oxygens (including phenoxy) is 1. The normalized spacial score (nSPS) is 16.5. The molecule has 4 heterocycles. The Balaban J connectivity index is 1.61. The second-order valence-electron chi connectivity index (χ2n) is 8.26. The molecular formula is C24H23F2N5O2. The number of halogens is 2. The van der Waals surface area contributed by atoms with Crippen LogP contribution in [0.15, 0.2) is 49.2 Å². The van der Waals surface area contributed by atoms with Crippen LogP contribution < -0.4 is 0 Å². The molecule has 0 aliphatic carbocycles. The first-order valence-electron chi connectivity index (χ1n) is 10.7. The van der Waals surface area contributed by atoms with Crippen molar-refractivity contribution in [3.05, 3.63) is 72.1 Å². The Labute approximate surface area is 189 Å². The summed E-state index contributed by atoms with van der Waals surface area (Å²) in [6.45, 7) is 4.82. The highest BCUT2D eigenvalue weighted by molar-refractivity contribution is 5.73. The summed E-state index contributed by atoms with van der Waals surface area (Å²) in [5.74, 6) is -1.45. The highest BCUT2D eigenvalue weighted by Gasteiger charge is 2.28. The van der Waals surface area contributed by atoms with Gasteiger partial charge in [0, 0.05) is 45.0 Å². The van der Waals surface area contributed by atoms with Crippen molar-refractivity contribution in [1.82, 2.24) is 23.8 Å². The maximum atomic E-state index is 15.3. The number of benzene rings is 1. The van der Waals surface area contributed by atoms with Crippen LogP contribution in [-0.4, -0.2) is 55.5 Å². The van der Waals surface area contributed by atoms with Crippen LogP contribution >= 0.6 is 0 Å². The number of hydrogen-bond donors (Lipinski definition) is 0. The molecule has 1 aliphatic rings. The molecule has 4 aromatic rings. The Hall–Kier alpha value is -3.59. The first kappa shape index (κ1) is 21.3. The summed E-state index contributed by atoms with van der Waals surface area (Å²) in [5, 5.41) is 0. The summed E-state index contributed by atoms with van der Waals surface area (Å²) < 4.78 is 39.9. The fraction of sp³-hybridized carbons (Fsp3) is 0.292. The summed E-state index contributed by atoms with van der Waals surface area (Å²) >= 11 is 0. The molecule has 0 radical (unpaired) electrons. The van der Waals surface area contributed by atoms with Gasteiger partial charge in [0.25, 0.3) is 0 Å². The van der Waals surface area contributed by atoms with Crippen molar-refractivity contribution in [1.29, 1.82) is 0 Å². The van der Waals surface area contributed by atoms with Gasteiger partial charge in [-0.3, -0.25) is 4.79 Å².